The molecular formula is C28H29ClN2O4. The second kappa shape index (κ2) is 10.8. The fourth-order valence-electron chi connectivity index (χ4n) is 5.16. The summed E-state index contributed by atoms with van der Waals surface area (Å²) in [5.41, 5.74) is 7.10. The zero-order valence-electron chi connectivity index (χ0n) is 19.4. The fraction of sp³-hybridized carbons (Fsp3) is 0.286. The van der Waals surface area contributed by atoms with Crippen LogP contribution in [-0.2, 0) is 16.0 Å². The van der Waals surface area contributed by atoms with Crippen molar-refractivity contribution in [3.05, 3.63) is 89.5 Å². The van der Waals surface area contributed by atoms with E-state index in [2.05, 4.69) is 46.6 Å². The number of carboxylic acid groups (broad SMARTS) is 1. The van der Waals surface area contributed by atoms with Gasteiger partial charge in [-0.1, -0.05) is 66.7 Å². The van der Waals surface area contributed by atoms with Crippen molar-refractivity contribution >= 4 is 30.2 Å². The number of aliphatic carboxylic acids is 1. The third kappa shape index (κ3) is 5.13. The molecule has 0 fully saturated rings. The van der Waals surface area contributed by atoms with Crippen molar-refractivity contribution in [3.8, 4) is 11.1 Å². The molecule has 0 saturated carbocycles. The monoisotopic (exact) mass is 492 g/mol. The van der Waals surface area contributed by atoms with E-state index in [1.807, 2.05) is 36.4 Å². The molecular weight excluding hydrogens is 464 g/mol. The molecule has 6 nitrogen and oxygen atoms in total. The molecule has 0 aromatic heterocycles. The standard InChI is InChI=1S/C28H28N2O4.ClH/c31-27(32)25(13-7-16-30-17-15-19-8-1-6-14-26(19)30)29-28(33)34-18-24-22-11-4-2-9-20(22)21-10-3-5-12-23(21)24;/h1-6,8-12,14,24-25H,7,13,15-18H2,(H,29,33)(H,31,32);1H. The van der Waals surface area contributed by atoms with E-state index in [1.54, 1.807) is 0 Å². The van der Waals surface area contributed by atoms with E-state index in [0.29, 0.717) is 12.8 Å². The number of carbonyl (C=O) groups excluding carboxylic acids is 1. The predicted octanol–water partition coefficient (Wildman–Crippen LogP) is 5.24. The van der Waals surface area contributed by atoms with Gasteiger partial charge in [0.1, 0.15) is 12.6 Å². The number of benzene rings is 3. The maximum absolute atomic E-state index is 12.5. The average Bonchev–Trinajstić information content (AvgIpc) is 3.41. The molecule has 1 unspecified atom stereocenters. The van der Waals surface area contributed by atoms with Crippen LogP contribution in [0, 0.1) is 0 Å². The van der Waals surface area contributed by atoms with Gasteiger partial charge in [-0.25, -0.2) is 9.59 Å². The summed E-state index contributed by atoms with van der Waals surface area (Å²) in [6.45, 7) is 1.86. The van der Waals surface area contributed by atoms with E-state index in [-0.39, 0.29) is 24.9 Å². The quantitative estimate of drug-likeness (QED) is 0.449. The Hall–Kier alpha value is -3.51. The van der Waals surface area contributed by atoms with Crippen molar-refractivity contribution in [2.24, 2.45) is 0 Å². The Labute approximate surface area is 211 Å². The van der Waals surface area contributed by atoms with Crippen LogP contribution < -0.4 is 10.2 Å². The highest BCUT2D eigenvalue weighted by Gasteiger charge is 2.30. The zero-order chi connectivity index (χ0) is 23.5. The van der Waals surface area contributed by atoms with E-state index in [9.17, 15) is 14.7 Å². The summed E-state index contributed by atoms with van der Waals surface area (Å²) in [5.74, 6) is -1.10. The molecule has 2 aliphatic rings. The van der Waals surface area contributed by atoms with Gasteiger partial charge in [0, 0.05) is 24.7 Å². The van der Waals surface area contributed by atoms with Gasteiger partial charge in [-0.15, -0.1) is 12.4 Å². The first-order chi connectivity index (χ1) is 16.6. The summed E-state index contributed by atoms with van der Waals surface area (Å²) in [5, 5.41) is 12.2. The van der Waals surface area contributed by atoms with Crippen molar-refractivity contribution in [2.45, 2.75) is 31.2 Å². The Bertz CT molecular complexity index is 1170. The van der Waals surface area contributed by atoms with Crippen LogP contribution in [0.1, 0.15) is 35.4 Å². The smallest absolute Gasteiger partial charge is 0.407 e. The SMILES string of the molecule is Cl.O=C(NC(CCCN1CCc2ccccc21)C(=O)O)OCC1c2ccccc2-c2ccccc21. The lowest BCUT2D eigenvalue weighted by Crippen LogP contribution is -2.42. The number of hydrogen-bond donors (Lipinski definition) is 2. The normalized spacial score (nSPS) is 14.3. The largest absolute Gasteiger partial charge is 0.480 e. The summed E-state index contributed by atoms with van der Waals surface area (Å²) in [7, 11) is 0. The lowest BCUT2D eigenvalue weighted by Gasteiger charge is -2.21. The number of anilines is 1. The maximum atomic E-state index is 12.5. The van der Waals surface area contributed by atoms with E-state index >= 15 is 0 Å². The molecule has 5 rings (SSSR count). The van der Waals surface area contributed by atoms with Gasteiger partial charge < -0.3 is 20.1 Å². The minimum absolute atomic E-state index is 0. The second-order valence-corrected chi connectivity index (χ2v) is 8.87. The van der Waals surface area contributed by atoms with Crippen molar-refractivity contribution < 1.29 is 19.4 Å². The number of fused-ring (bicyclic) bond motifs is 4. The molecule has 0 spiro atoms. The van der Waals surface area contributed by atoms with Gasteiger partial charge in [-0.2, -0.15) is 0 Å². The number of halogens is 1. The number of nitrogens with one attached hydrogen (secondary N) is 1. The third-order valence-electron chi connectivity index (χ3n) is 6.84. The van der Waals surface area contributed by atoms with Crippen molar-refractivity contribution in [3.63, 3.8) is 0 Å². The van der Waals surface area contributed by atoms with Gasteiger partial charge in [-0.3, -0.25) is 0 Å². The number of amides is 1. The van der Waals surface area contributed by atoms with Gasteiger partial charge in [0.15, 0.2) is 0 Å². The van der Waals surface area contributed by atoms with E-state index in [0.717, 1.165) is 41.8 Å². The Balaban J connectivity index is 0.00000289. The lowest BCUT2D eigenvalue weighted by atomic mass is 9.98. The predicted molar refractivity (Wildman–Crippen MR) is 138 cm³/mol. The van der Waals surface area contributed by atoms with Crippen LogP contribution in [0.15, 0.2) is 72.8 Å². The summed E-state index contributed by atoms with van der Waals surface area (Å²) in [6, 6.07) is 23.6. The molecule has 1 aliphatic carbocycles. The number of carbonyl (C=O) groups is 2. The Morgan fingerprint density at radius 1 is 0.971 bits per heavy atom. The zero-order valence-corrected chi connectivity index (χ0v) is 20.2. The minimum Gasteiger partial charge on any atom is -0.480 e. The topological polar surface area (TPSA) is 78.9 Å². The number of carboxylic acids is 1. The van der Waals surface area contributed by atoms with Crippen LogP contribution in [0.2, 0.25) is 0 Å². The molecule has 3 aromatic carbocycles. The number of alkyl carbamates (subject to hydrolysis) is 1. The molecule has 1 atom stereocenters. The van der Waals surface area contributed by atoms with Gasteiger partial charge >= 0.3 is 12.1 Å². The maximum Gasteiger partial charge on any atom is 0.407 e. The van der Waals surface area contributed by atoms with Crippen LogP contribution >= 0.6 is 12.4 Å². The number of nitrogens with zero attached hydrogens (tertiary/aromatic N) is 1. The molecule has 1 amide bonds. The van der Waals surface area contributed by atoms with Gasteiger partial charge in [0.05, 0.1) is 0 Å². The highest BCUT2D eigenvalue weighted by atomic mass is 35.5. The van der Waals surface area contributed by atoms with Crippen LogP contribution in [0.25, 0.3) is 11.1 Å². The molecule has 182 valence electrons. The molecule has 1 heterocycles. The number of para-hydroxylation sites is 1. The molecule has 0 bridgehead atoms. The summed E-state index contributed by atoms with van der Waals surface area (Å²) >= 11 is 0. The second-order valence-electron chi connectivity index (χ2n) is 8.87. The van der Waals surface area contributed by atoms with Crippen LogP contribution in [0.4, 0.5) is 10.5 Å². The van der Waals surface area contributed by atoms with Crippen molar-refractivity contribution in [1.29, 1.82) is 0 Å². The summed E-state index contributed by atoms with van der Waals surface area (Å²) < 4.78 is 5.52. The van der Waals surface area contributed by atoms with Gasteiger partial charge in [0.2, 0.25) is 0 Å². The molecule has 2 N–H and O–H groups in total. The molecule has 3 aromatic rings. The Morgan fingerprint density at radius 2 is 1.60 bits per heavy atom. The summed E-state index contributed by atoms with van der Waals surface area (Å²) in [6.07, 6.45) is 1.32. The van der Waals surface area contributed by atoms with E-state index < -0.39 is 18.1 Å². The first-order valence-corrected chi connectivity index (χ1v) is 11.8. The average molecular weight is 493 g/mol. The molecule has 0 radical (unpaired) electrons. The van der Waals surface area contributed by atoms with Gasteiger partial charge in [-0.05, 0) is 53.1 Å². The number of rotatable bonds is 8. The number of hydrogen-bond acceptors (Lipinski definition) is 4. The van der Waals surface area contributed by atoms with Crippen LogP contribution in [0.5, 0.6) is 0 Å². The summed E-state index contributed by atoms with van der Waals surface area (Å²) in [4.78, 5) is 26.6. The van der Waals surface area contributed by atoms with E-state index in [4.69, 9.17) is 4.74 Å². The third-order valence-corrected chi connectivity index (χ3v) is 6.84. The van der Waals surface area contributed by atoms with Crippen molar-refractivity contribution in [1.82, 2.24) is 5.32 Å². The Morgan fingerprint density at radius 3 is 2.29 bits per heavy atom. The van der Waals surface area contributed by atoms with E-state index in [1.165, 1.54) is 11.3 Å². The fourth-order valence-corrected chi connectivity index (χ4v) is 5.16. The lowest BCUT2D eigenvalue weighted by molar-refractivity contribution is -0.139. The van der Waals surface area contributed by atoms with Gasteiger partial charge in [0.25, 0.3) is 0 Å². The highest BCUT2D eigenvalue weighted by molar-refractivity contribution is 5.85. The Kier molecular flexibility index (Phi) is 7.61. The first kappa shape index (κ1) is 24.6. The molecule has 0 saturated heterocycles. The van der Waals surface area contributed by atoms with Crippen molar-refractivity contribution in [2.75, 3.05) is 24.6 Å². The van der Waals surface area contributed by atoms with Crippen LogP contribution in [-0.4, -0.2) is 42.9 Å². The van der Waals surface area contributed by atoms with Crippen LogP contribution in [0.3, 0.4) is 0 Å². The molecule has 7 heteroatoms. The number of ether oxygens (including phenoxy) is 1. The highest BCUT2D eigenvalue weighted by Crippen LogP contribution is 2.44. The molecule has 1 aliphatic heterocycles. The minimum atomic E-state index is -1.05. The first-order valence-electron chi connectivity index (χ1n) is 11.8. The molecule has 35 heavy (non-hydrogen) atoms.